The van der Waals surface area contributed by atoms with Crippen molar-refractivity contribution in [3.8, 4) is 0 Å². The number of nitrogens with two attached hydrogens (primary N) is 1. The van der Waals surface area contributed by atoms with Crippen LogP contribution in [0.3, 0.4) is 0 Å². The third kappa shape index (κ3) is 2.19. The summed E-state index contributed by atoms with van der Waals surface area (Å²) in [4.78, 5) is 10.4. The molecule has 1 aliphatic carbocycles. The maximum atomic E-state index is 10.4. The number of carbonyl (C=O) groups is 1. The highest BCUT2D eigenvalue weighted by molar-refractivity contribution is 5.73. The Kier molecular flexibility index (Phi) is 3.05. The van der Waals surface area contributed by atoms with E-state index in [1.807, 2.05) is 0 Å². The minimum absolute atomic E-state index is 0.330. The van der Waals surface area contributed by atoms with Gasteiger partial charge in [-0.05, 0) is 25.2 Å². The molecule has 4 heteroatoms. The largest absolute Gasteiger partial charge is 0.480 e. The highest BCUT2D eigenvalue weighted by Crippen LogP contribution is 2.32. The first-order chi connectivity index (χ1) is 5.63. The second kappa shape index (κ2) is 3.87. The van der Waals surface area contributed by atoms with Gasteiger partial charge in [0.2, 0.25) is 0 Å². The van der Waals surface area contributed by atoms with Crippen LogP contribution in [0.25, 0.3) is 0 Å². The summed E-state index contributed by atoms with van der Waals surface area (Å²) in [7, 11) is 1.68. The van der Waals surface area contributed by atoms with E-state index < -0.39 is 12.0 Å². The molecule has 0 heterocycles. The van der Waals surface area contributed by atoms with Crippen molar-refractivity contribution in [2.45, 2.75) is 31.4 Å². The zero-order valence-electron chi connectivity index (χ0n) is 7.19. The number of aliphatic carboxylic acids is 1. The third-order valence-corrected chi connectivity index (χ3v) is 2.43. The van der Waals surface area contributed by atoms with Crippen LogP contribution in [0, 0.1) is 5.92 Å². The van der Waals surface area contributed by atoms with Crippen LogP contribution in [-0.2, 0) is 9.53 Å². The van der Waals surface area contributed by atoms with E-state index in [4.69, 9.17) is 15.6 Å². The summed E-state index contributed by atoms with van der Waals surface area (Å²) in [6.07, 6.45) is 2.82. The van der Waals surface area contributed by atoms with Gasteiger partial charge >= 0.3 is 5.97 Å². The predicted molar refractivity (Wildman–Crippen MR) is 43.7 cm³/mol. The second-order valence-corrected chi connectivity index (χ2v) is 3.38. The van der Waals surface area contributed by atoms with E-state index >= 15 is 0 Å². The Hall–Kier alpha value is -0.610. The number of carboxylic acid groups (broad SMARTS) is 1. The molecule has 1 saturated carbocycles. The van der Waals surface area contributed by atoms with E-state index in [1.165, 1.54) is 0 Å². The van der Waals surface area contributed by atoms with Crippen molar-refractivity contribution < 1.29 is 14.6 Å². The van der Waals surface area contributed by atoms with Gasteiger partial charge in [0.05, 0.1) is 6.10 Å². The van der Waals surface area contributed by atoms with Gasteiger partial charge < -0.3 is 15.6 Å². The van der Waals surface area contributed by atoms with E-state index in [2.05, 4.69) is 0 Å². The molecular weight excluding hydrogens is 158 g/mol. The average molecular weight is 173 g/mol. The zero-order valence-corrected chi connectivity index (χ0v) is 7.19. The smallest absolute Gasteiger partial charge is 0.320 e. The van der Waals surface area contributed by atoms with Crippen molar-refractivity contribution in [2.75, 3.05) is 7.11 Å². The van der Waals surface area contributed by atoms with Crippen LogP contribution in [0.15, 0.2) is 0 Å². The maximum absolute atomic E-state index is 10.4. The summed E-state index contributed by atoms with van der Waals surface area (Å²) in [5.41, 5.74) is 5.37. The lowest BCUT2D eigenvalue weighted by Crippen LogP contribution is -2.38. The Bertz CT molecular complexity index is 166. The lowest BCUT2D eigenvalue weighted by atomic mass is 9.78. The number of methoxy groups -OCH3 is 1. The molecule has 4 nitrogen and oxygen atoms in total. The molecule has 0 aromatic carbocycles. The van der Waals surface area contributed by atoms with Gasteiger partial charge in [0, 0.05) is 7.11 Å². The molecule has 0 spiro atoms. The van der Waals surface area contributed by atoms with Gasteiger partial charge in [-0.1, -0.05) is 0 Å². The molecular formula is C8H15NO3. The van der Waals surface area contributed by atoms with E-state index in [1.54, 1.807) is 7.11 Å². The molecule has 0 amide bonds. The Morgan fingerprint density at radius 2 is 2.33 bits per heavy atom. The van der Waals surface area contributed by atoms with Crippen LogP contribution in [0.1, 0.15) is 19.3 Å². The van der Waals surface area contributed by atoms with Crippen molar-refractivity contribution in [1.29, 1.82) is 0 Å². The number of ether oxygens (including phenoxy) is 1. The van der Waals surface area contributed by atoms with Gasteiger partial charge in [-0.25, -0.2) is 0 Å². The maximum Gasteiger partial charge on any atom is 0.320 e. The molecule has 12 heavy (non-hydrogen) atoms. The molecule has 0 aromatic rings. The molecule has 0 saturated heterocycles. The number of hydrogen-bond acceptors (Lipinski definition) is 3. The Labute approximate surface area is 71.7 Å². The van der Waals surface area contributed by atoms with Gasteiger partial charge in [0.1, 0.15) is 6.04 Å². The first-order valence-corrected chi connectivity index (χ1v) is 4.14. The van der Waals surface area contributed by atoms with Crippen molar-refractivity contribution in [1.82, 2.24) is 0 Å². The minimum Gasteiger partial charge on any atom is -0.480 e. The quantitative estimate of drug-likeness (QED) is 0.637. The van der Waals surface area contributed by atoms with Crippen LogP contribution < -0.4 is 5.73 Å². The van der Waals surface area contributed by atoms with Gasteiger partial charge in [-0.15, -0.1) is 0 Å². The first kappa shape index (κ1) is 9.48. The lowest BCUT2D eigenvalue weighted by Gasteiger charge is -2.34. The van der Waals surface area contributed by atoms with E-state index in [0.717, 1.165) is 12.8 Å². The monoisotopic (exact) mass is 173 g/mol. The number of carboxylic acids is 1. The molecule has 1 rings (SSSR count). The van der Waals surface area contributed by atoms with Crippen LogP contribution >= 0.6 is 0 Å². The molecule has 70 valence electrons. The Morgan fingerprint density at radius 1 is 1.75 bits per heavy atom. The fraction of sp³-hybridized carbons (Fsp3) is 0.875. The third-order valence-electron chi connectivity index (χ3n) is 2.43. The molecule has 1 aliphatic rings. The fourth-order valence-corrected chi connectivity index (χ4v) is 1.52. The summed E-state index contributed by atoms with van der Waals surface area (Å²) >= 11 is 0. The number of hydrogen-bond donors (Lipinski definition) is 2. The van der Waals surface area contributed by atoms with Crippen molar-refractivity contribution >= 4 is 5.97 Å². The molecule has 1 fully saturated rings. The summed E-state index contributed by atoms with van der Waals surface area (Å²) in [5, 5.41) is 8.52. The number of rotatable bonds is 4. The molecule has 1 atom stereocenters. The standard InChI is InChI=1S/C8H15NO3/c1-12-6-2-5(3-6)4-7(9)8(10)11/h5-7H,2-4,9H2,1H3,(H,10,11)/t5?,6?,7-/m1/s1. The van der Waals surface area contributed by atoms with E-state index in [0.29, 0.717) is 18.4 Å². The van der Waals surface area contributed by atoms with Crippen LogP contribution in [0.4, 0.5) is 0 Å². The second-order valence-electron chi connectivity index (χ2n) is 3.38. The minimum atomic E-state index is -0.907. The molecule has 3 N–H and O–H groups in total. The molecule has 0 aromatic heterocycles. The van der Waals surface area contributed by atoms with E-state index in [-0.39, 0.29) is 0 Å². The molecule has 0 aliphatic heterocycles. The van der Waals surface area contributed by atoms with Gasteiger partial charge in [-0.3, -0.25) is 4.79 Å². The Morgan fingerprint density at radius 3 is 2.75 bits per heavy atom. The predicted octanol–water partition coefficient (Wildman–Crippen LogP) is 0.213. The van der Waals surface area contributed by atoms with Gasteiger partial charge in [-0.2, -0.15) is 0 Å². The van der Waals surface area contributed by atoms with E-state index in [9.17, 15) is 4.79 Å². The summed E-state index contributed by atoms with van der Waals surface area (Å²) in [6, 6.07) is -0.701. The summed E-state index contributed by atoms with van der Waals surface area (Å²) in [6.45, 7) is 0. The topological polar surface area (TPSA) is 72.5 Å². The summed E-state index contributed by atoms with van der Waals surface area (Å²) < 4.78 is 5.07. The van der Waals surface area contributed by atoms with Gasteiger partial charge in [0.15, 0.2) is 0 Å². The SMILES string of the molecule is COC1CC(C[C@@H](N)C(=O)O)C1. The van der Waals surface area contributed by atoms with Gasteiger partial charge in [0.25, 0.3) is 0 Å². The molecule has 0 bridgehead atoms. The van der Waals surface area contributed by atoms with Crippen molar-refractivity contribution in [2.24, 2.45) is 11.7 Å². The summed E-state index contributed by atoms with van der Waals surface area (Å²) in [5.74, 6) is -0.461. The molecule has 0 unspecified atom stereocenters. The van der Waals surface area contributed by atoms with Crippen LogP contribution in [0.5, 0.6) is 0 Å². The van der Waals surface area contributed by atoms with Crippen molar-refractivity contribution in [3.63, 3.8) is 0 Å². The highest BCUT2D eigenvalue weighted by Gasteiger charge is 2.31. The lowest BCUT2D eigenvalue weighted by molar-refractivity contribution is -0.139. The average Bonchev–Trinajstić information content (AvgIpc) is 1.94. The zero-order chi connectivity index (χ0) is 9.14. The molecule has 0 radical (unpaired) electrons. The normalized spacial score (nSPS) is 30.8. The Balaban J connectivity index is 2.14. The fourth-order valence-electron chi connectivity index (χ4n) is 1.52. The van der Waals surface area contributed by atoms with Crippen molar-refractivity contribution in [3.05, 3.63) is 0 Å². The van der Waals surface area contributed by atoms with Crippen LogP contribution in [0.2, 0.25) is 0 Å². The highest BCUT2D eigenvalue weighted by atomic mass is 16.5. The van der Waals surface area contributed by atoms with Crippen LogP contribution in [-0.4, -0.2) is 30.3 Å². The first-order valence-electron chi connectivity index (χ1n) is 4.14.